The number of benzene rings is 1. The maximum atomic E-state index is 9.19. The van der Waals surface area contributed by atoms with Gasteiger partial charge in [0.15, 0.2) is 5.11 Å². The van der Waals surface area contributed by atoms with Gasteiger partial charge in [-0.15, -0.1) is 0 Å². The predicted molar refractivity (Wildman–Crippen MR) is 74.0 cm³/mol. The van der Waals surface area contributed by atoms with Crippen LogP contribution >= 0.6 is 12.2 Å². The molecule has 1 saturated heterocycles. The van der Waals surface area contributed by atoms with Crippen LogP contribution in [0.4, 0.5) is 5.69 Å². The van der Waals surface area contributed by atoms with Crippen molar-refractivity contribution in [3.8, 4) is 0 Å². The second-order valence-corrected chi connectivity index (χ2v) is 4.82. The summed E-state index contributed by atoms with van der Waals surface area (Å²) < 4.78 is 0. The number of aliphatic hydroxyl groups excluding tert-OH is 1. The van der Waals surface area contributed by atoms with E-state index >= 15 is 0 Å². The number of nitrogens with one attached hydrogen (secondary N) is 1. The van der Waals surface area contributed by atoms with E-state index in [1.807, 2.05) is 30.3 Å². The Bertz CT molecular complexity index is 369. The van der Waals surface area contributed by atoms with Gasteiger partial charge in [-0.05, 0) is 43.1 Å². The Kier molecular flexibility index (Phi) is 4.34. The highest BCUT2D eigenvalue weighted by Crippen LogP contribution is 2.17. The number of nitrogens with zero attached hydrogens (tertiary/aromatic N) is 1. The summed E-state index contributed by atoms with van der Waals surface area (Å²) in [5.74, 6) is 0.360. The topological polar surface area (TPSA) is 35.5 Å². The highest BCUT2D eigenvalue weighted by atomic mass is 32.1. The molecule has 0 radical (unpaired) electrons. The first-order chi connectivity index (χ1) is 8.29. The first kappa shape index (κ1) is 12.3. The first-order valence-electron chi connectivity index (χ1n) is 6.01. The molecule has 1 heterocycles. The van der Waals surface area contributed by atoms with Crippen LogP contribution in [0.5, 0.6) is 0 Å². The number of piperidine rings is 1. The third-order valence-electron chi connectivity index (χ3n) is 3.09. The van der Waals surface area contributed by atoms with Crippen LogP contribution in [0.1, 0.15) is 12.8 Å². The van der Waals surface area contributed by atoms with Crippen LogP contribution in [0.2, 0.25) is 0 Å². The molecule has 1 aromatic rings. The fourth-order valence-electron chi connectivity index (χ4n) is 2.12. The molecule has 17 heavy (non-hydrogen) atoms. The fraction of sp³-hybridized carbons (Fsp3) is 0.462. The van der Waals surface area contributed by atoms with Crippen molar-refractivity contribution in [1.82, 2.24) is 4.90 Å². The Morgan fingerprint density at radius 1 is 1.41 bits per heavy atom. The van der Waals surface area contributed by atoms with E-state index in [-0.39, 0.29) is 6.61 Å². The van der Waals surface area contributed by atoms with E-state index < -0.39 is 0 Å². The third kappa shape index (κ3) is 3.41. The molecular formula is C13H18N2OS. The minimum Gasteiger partial charge on any atom is -0.396 e. The fourth-order valence-corrected chi connectivity index (χ4v) is 2.41. The van der Waals surface area contributed by atoms with Crippen LogP contribution in [0.3, 0.4) is 0 Å². The zero-order valence-electron chi connectivity index (χ0n) is 9.80. The van der Waals surface area contributed by atoms with Gasteiger partial charge in [-0.1, -0.05) is 18.2 Å². The number of anilines is 1. The predicted octanol–water partition coefficient (Wildman–Crippen LogP) is 2.09. The minimum atomic E-state index is 0.254. The zero-order valence-corrected chi connectivity index (χ0v) is 10.6. The summed E-state index contributed by atoms with van der Waals surface area (Å²) >= 11 is 5.39. The Morgan fingerprint density at radius 2 is 2.18 bits per heavy atom. The number of aliphatic hydroxyl groups is 1. The van der Waals surface area contributed by atoms with Crippen LogP contribution in [0.25, 0.3) is 0 Å². The molecule has 1 unspecified atom stereocenters. The third-order valence-corrected chi connectivity index (χ3v) is 3.45. The van der Waals surface area contributed by atoms with Gasteiger partial charge in [0.25, 0.3) is 0 Å². The maximum Gasteiger partial charge on any atom is 0.173 e. The van der Waals surface area contributed by atoms with E-state index in [1.165, 1.54) is 0 Å². The van der Waals surface area contributed by atoms with Gasteiger partial charge in [0.05, 0.1) is 0 Å². The van der Waals surface area contributed by atoms with E-state index in [0.717, 1.165) is 36.7 Å². The molecule has 92 valence electrons. The van der Waals surface area contributed by atoms with Crippen molar-refractivity contribution in [1.29, 1.82) is 0 Å². The van der Waals surface area contributed by atoms with Gasteiger partial charge in [0, 0.05) is 25.4 Å². The van der Waals surface area contributed by atoms with E-state index in [9.17, 15) is 5.11 Å². The lowest BCUT2D eigenvalue weighted by Crippen LogP contribution is -2.43. The monoisotopic (exact) mass is 250 g/mol. The van der Waals surface area contributed by atoms with Crippen molar-refractivity contribution < 1.29 is 5.11 Å². The van der Waals surface area contributed by atoms with Gasteiger partial charge in [0.1, 0.15) is 0 Å². The van der Waals surface area contributed by atoms with Crippen LogP contribution in [-0.2, 0) is 0 Å². The van der Waals surface area contributed by atoms with Gasteiger partial charge in [0.2, 0.25) is 0 Å². The number of thiocarbonyl (C=S) groups is 1. The number of rotatable bonds is 2. The lowest BCUT2D eigenvalue weighted by molar-refractivity contribution is 0.162. The van der Waals surface area contributed by atoms with Crippen molar-refractivity contribution in [2.75, 3.05) is 25.0 Å². The highest BCUT2D eigenvalue weighted by Gasteiger charge is 2.20. The van der Waals surface area contributed by atoms with Gasteiger partial charge < -0.3 is 15.3 Å². The molecule has 1 aliphatic heterocycles. The SMILES string of the molecule is OCC1CCCN(C(=S)Nc2ccccc2)C1. The smallest absolute Gasteiger partial charge is 0.173 e. The second-order valence-electron chi connectivity index (χ2n) is 4.43. The van der Waals surface area contributed by atoms with E-state index in [4.69, 9.17) is 12.2 Å². The van der Waals surface area contributed by atoms with Gasteiger partial charge in [-0.25, -0.2) is 0 Å². The highest BCUT2D eigenvalue weighted by molar-refractivity contribution is 7.80. The summed E-state index contributed by atoms with van der Waals surface area (Å²) in [6.45, 7) is 2.09. The van der Waals surface area contributed by atoms with Crippen molar-refractivity contribution in [3.63, 3.8) is 0 Å². The first-order valence-corrected chi connectivity index (χ1v) is 6.42. The lowest BCUT2D eigenvalue weighted by atomic mass is 9.99. The van der Waals surface area contributed by atoms with Gasteiger partial charge in [-0.3, -0.25) is 0 Å². The molecule has 1 aliphatic rings. The molecule has 0 aromatic heterocycles. The molecule has 0 amide bonds. The average Bonchev–Trinajstić information content (AvgIpc) is 2.40. The van der Waals surface area contributed by atoms with Crippen LogP contribution in [-0.4, -0.2) is 34.8 Å². The quantitative estimate of drug-likeness (QED) is 0.788. The van der Waals surface area contributed by atoms with Crippen molar-refractivity contribution in [2.24, 2.45) is 5.92 Å². The van der Waals surface area contributed by atoms with Crippen LogP contribution in [0.15, 0.2) is 30.3 Å². The molecule has 0 bridgehead atoms. The summed E-state index contributed by atoms with van der Waals surface area (Å²) in [5.41, 5.74) is 1.02. The van der Waals surface area contributed by atoms with Crippen LogP contribution in [0, 0.1) is 5.92 Å². The second kappa shape index (κ2) is 5.98. The molecule has 2 rings (SSSR count). The Hall–Kier alpha value is -1.13. The average molecular weight is 250 g/mol. The Labute approximate surface area is 107 Å². The van der Waals surface area contributed by atoms with E-state index in [1.54, 1.807) is 0 Å². The van der Waals surface area contributed by atoms with Crippen LogP contribution < -0.4 is 5.32 Å². The molecule has 1 atom stereocenters. The lowest BCUT2D eigenvalue weighted by Gasteiger charge is -2.33. The number of hydrogen-bond donors (Lipinski definition) is 2. The molecule has 1 fully saturated rings. The van der Waals surface area contributed by atoms with Crippen molar-refractivity contribution >= 4 is 23.0 Å². The largest absolute Gasteiger partial charge is 0.396 e. The summed E-state index contributed by atoms with van der Waals surface area (Å²) in [6, 6.07) is 9.95. The summed E-state index contributed by atoms with van der Waals surface area (Å²) in [7, 11) is 0. The molecule has 4 heteroatoms. The summed E-state index contributed by atoms with van der Waals surface area (Å²) in [5, 5.41) is 13.2. The number of likely N-dealkylation sites (tertiary alicyclic amines) is 1. The molecule has 1 aromatic carbocycles. The minimum absolute atomic E-state index is 0.254. The molecule has 2 N–H and O–H groups in total. The van der Waals surface area contributed by atoms with Gasteiger partial charge >= 0.3 is 0 Å². The zero-order chi connectivity index (χ0) is 12.1. The number of hydrogen-bond acceptors (Lipinski definition) is 2. The Balaban J connectivity index is 1.91. The molecule has 0 aliphatic carbocycles. The molecule has 0 saturated carbocycles. The maximum absolute atomic E-state index is 9.19. The molecule has 0 spiro atoms. The standard InChI is InChI=1S/C13H18N2OS/c16-10-11-5-4-8-15(9-11)13(17)14-12-6-2-1-3-7-12/h1-3,6-7,11,16H,4-5,8-10H2,(H,14,17). The van der Waals surface area contributed by atoms with Crippen molar-refractivity contribution in [3.05, 3.63) is 30.3 Å². The normalized spacial score (nSPS) is 20.1. The summed E-state index contributed by atoms with van der Waals surface area (Å²) in [4.78, 5) is 2.15. The molecule has 3 nitrogen and oxygen atoms in total. The molecular weight excluding hydrogens is 232 g/mol. The number of para-hydroxylation sites is 1. The van der Waals surface area contributed by atoms with Crippen molar-refractivity contribution in [2.45, 2.75) is 12.8 Å². The van der Waals surface area contributed by atoms with E-state index in [0.29, 0.717) is 5.92 Å². The Morgan fingerprint density at radius 3 is 2.88 bits per heavy atom. The summed E-state index contributed by atoms with van der Waals surface area (Å²) in [6.07, 6.45) is 2.20. The van der Waals surface area contributed by atoms with Gasteiger partial charge in [-0.2, -0.15) is 0 Å². The van der Waals surface area contributed by atoms with E-state index in [2.05, 4.69) is 10.2 Å².